The van der Waals surface area contributed by atoms with E-state index in [1.807, 2.05) is 24.3 Å². The highest BCUT2D eigenvalue weighted by molar-refractivity contribution is 7.89. The van der Waals surface area contributed by atoms with Crippen molar-refractivity contribution in [3.8, 4) is 17.2 Å². The Morgan fingerprint density at radius 3 is 2.26 bits per heavy atom. The van der Waals surface area contributed by atoms with E-state index in [1.165, 1.54) is 24.6 Å². The summed E-state index contributed by atoms with van der Waals surface area (Å²) >= 11 is 0. The number of benzene rings is 2. The van der Waals surface area contributed by atoms with Gasteiger partial charge in [0.15, 0.2) is 0 Å². The third-order valence-corrected chi connectivity index (χ3v) is 8.64. The molecule has 1 unspecified atom stereocenters. The van der Waals surface area contributed by atoms with Gasteiger partial charge in [-0.2, -0.15) is 4.31 Å². The molecule has 0 aliphatic carbocycles. The van der Waals surface area contributed by atoms with E-state index in [9.17, 15) is 13.2 Å². The number of sulfonamides is 1. The number of methoxy groups -OCH3 is 3. The van der Waals surface area contributed by atoms with Crippen LogP contribution in [0.4, 0.5) is 5.69 Å². The van der Waals surface area contributed by atoms with Crippen molar-refractivity contribution in [2.75, 3.05) is 59.0 Å². The third kappa shape index (κ3) is 5.04. The molecular weight excluding hydrogens is 470 g/mol. The number of piperidine rings is 1. The average molecular weight is 504 g/mol. The molecule has 1 atom stereocenters. The molecule has 2 aromatic carbocycles. The van der Waals surface area contributed by atoms with E-state index < -0.39 is 16.1 Å². The Kier molecular flexibility index (Phi) is 7.71. The van der Waals surface area contributed by atoms with Crippen LogP contribution in [0, 0.1) is 0 Å². The fourth-order valence-corrected chi connectivity index (χ4v) is 6.64. The minimum atomic E-state index is -3.98. The van der Waals surface area contributed by atoms with Crippen molar-refractivity contribution in [1.29, 1.82) is 0 Å². The summed E-state index contributed by atoms with van der Waals surface area (Å²) in [7, 11) is 0.581. The number of hydrogen-bond acceptors (Lipinski definition) is 7. The first-order valence-corrected chi connectivity index (χ1v) is 13.3. The molecule has 2 aliphatic rings. The van der Waals surface area contributed by atoms with E-state index in [4.69, 9.17) is 14.2 Å². The lowest BCUT2D eigenvalue weighted by Gasteiger charge is -2.41. The summed E-state index contributed by atoms with van der Waals surface area (Å²) in [5.41, 5.74) is 0.995. The first-order valence-electron chi connectivity index (χ1n) is 11.8. The normalized spacial score (nSPS) is 19.3. The van der Waals surface area contributed by atoms with Crippen LogP contribution in [-0.2, 0) is 14.8 Å². The highest BCUT2D eigenvalue weighted by atomic mass is 32.2. The second-order valence-corrected chi connectivity index (χ2v) is 10.5. The molecule has 0 spiro atoms. The molecule has 1 amide bonds. The minimum absolute atomic E-state index is 0.0139. The number of rotatable bonds is 7. The van der Waals surface area contributed by atoms with E-state index in [1.54, 1.807) is 24.1 Å². The van der Waals surface area contributed by atoms with E-state index in [0.717, 1.165) is 17.9 Å². The monoisotopic (exact) mass is 503 g/mol. The number of hydrogen-bond donors (Lipinski definition) is 0. The van der Waals surface area contributed by atoms with Crippen LogP contribution in [0.15, 0.2) is 47.4 Å². The summed E-state index contributed by atoms with van der Waals surface area (Å²) in [4.78, 5) is 17.6. The molecule has 2 heterocycles. The van der Waals surface area contributed by atoms with Gasteiger partial charge in [-0.15, -0.1) is 0 Å². The van der Waals surface area contributed by atoms with Crippen molar-refractivity contribution in [3.63, 3.8) is 0 Å². The highest BCUT2D eigenvalue weighted by Crippen LogP contribution is 2.34. The quantitative estimate of drug-likeness (QED) is 0.574. The van der Waals surface area contributed by atoms with Crippen LogP contribution < -0.4 is 19.1 Å². The van der Waals surface area contributed by atoms with Crippen LogP contribution >= 0.6 is 0 Å². The maximum atomic E-state index is 13.7. The molecule has 0 saturated carbocycles. The van der Waals surface area contributed by atoms with Gasteiger partial charge in [0.05, 0.1) is 27.0 Å². The third-order valence-electron chi connectivity index (χ3n) is 6.71. The maximum Gasteiger partial charge on any atom is 0.247 e. The van der Waals surface area contributed by atoms with Crippen LogP contribution in [0.5, 0.6) is 17.2 Å². The molecular formula is C25H33N3O6S. The number of carbonyl (C=O) groups is 1. The molecule has 0 bridgehead atoms. The van der Waals surface area contributed by atoms with E-state index in [-0.39, 0.29) is 16.6 Å². The SMILES string of the molecule is COc1ccc(OC)c(S(=O)(=O)N2CCCCC2C(=O)N2CCN(c3ccccc3OC)CC2)c1. The Labute approximate surface area is 207 Å². The average Bonchev–Trinajstić information content (AvgIpc) is 2.92. The zero-order valence-corrected chi connectivity index (χ0v) is 21.3. The number of carbonyl (C=O) groups excluding carboxylic acids is 1. The standard InChI is InChI=1S/C25H33N3O6S/c1-32-19-11-12-23(34-3)24(18-19)35(30,31)28-13-7-6-9-21(28)25(29)27-16-14-26(15-17-27)20-8-4-5-10-22(20)33-2/h4-5,8,10-12,18,21H,6-7,9,13-17H2,1-3H3. The molecule has 2 aliphatic heterocycles. The number of piperazine rings is 1. The number of para-hydroxylation sites is 2. The molecule has 4 rings (SSSR count). The first kappa shape index (κ1) is 25.1. The Hall–Kier alpha value is -2.98. The van der Waals surface area contributed by atoms with Crippen LogP contribution in [0.1, 0.15) is 19.3 Å². The minimum Gasteiger partial charge on any atom is -0.497 e. The van der Waals surface area contributed by atoms with Crippen LogP contribution in [-0.4, -0.2) is 83.6 Å². The second kappa shape index (κ2) is 10.7. The van der Waals surface area contributed by atoms with E-state index in [2.05, 4.69) is 4.90 Å². The Morgan fingerprint density at radius 2 is 1.57 bits per heavy atom. The van der Waals surface area contributed by atoms with Crippen molar-refractivity contribution in [2.45, 2.75) is 30.2 Å². The van der Waals surface area contributed by atoms with Crippen molar-refractivity contribution in [1.82, 2.24) is 9.21 Å². The smallest absolute Gasteiger partial charge is 0.247 e. The van der Waals surface area contributed by atoms with Crippen molar-refractivity contribution in [3.05, 3.63) is 42.5 Å². The summed E-state index contributed by atoms with van der Waals surface area (Å²) in [5, 5.41) is 0. The van der Waals surface area contributed by atoms with Gasteiger partial charge in [-0.3, -0.25) is 4.79 Å². The van der Waals surface area contributed by atoms with Gasteiger partial charge in [-0.25, -0.2) is 8.42 Å². The molecule has 2 saturated heterocycles. The molecule has 0 radical (unpaired) electrons. The van der Waals surface area contributed by atoms with Gasteiger partial charge in [0, 0.05) is 38.8 Å². The summed E-state index contributed by atoms with van der Waals surface area (Å²) in [6, 6.07) is 11.8. The van der Waals surface area contributed by atoms with Gasteiger partial charge in [-0.1, -0.05) is 18.6 Å². The predicted molar refractivity (Wildman–Crippen MR) is 133 cm³/mol. The fraction of sp³-hybridized carbons (Fsp3) is 0.480. The van der Waals surface area contributed by atoms with Crippen molar-refractivity contribution < 1.29 is 27.4 Å². The molecule has 0 N–H and O–H groups in total. The Morgan fingerprint density at radius 1 is 0.857 bits per heavy atom. The lowest BCUT2D eigenvalue weighted by Crippen LogP contribution is -2.57. The number of nitrogens with zero attached hydrogens (tertiary/aromatic N) is 3. The topological polar surface area (TPSA) is 88.6 Å². The molecule has 9 nitrogen and oxygen atoms in total. The molecule has 35 heavy (non-hydrogen) atoms. The highest BCUT2D eigenvalue weighted by Gasteiger charge is 2.41. The molecule has 10 heteroatoms. The van der Waals surface area contributed by atoms with Crippen LogP contribution in [0.3, 0.4) is 0 Å². The van der Waals surface area contributed by atoms with Gasteiger partial charge in [0.25, 0.3) is 0 Å². The van der Waals surface area contributed by atoms with Gasteiger partial charge in [0.1, 0.15) is 28.2 Å². The van der Waals surface area contributed by atoms with Crippen LogP contribution in [0.2, 0.25) is 0 Å². The lowest BCUT2D eigenvalue weighted by atomic mass is 10.0. The number of anilines is 1. The van der Waals surface area contributed by atoms with Crippen molar-refractivity contribution in [2.24, 2.45) is 0 Å². The van der Waals surface area contributed by atoms with E-state index >= 15 is 0 Å². The summed E-state index contributed by atoms with van der Waals surface area (Å²) < 4.78 is 44.9. The summed E-state index contributed by atoms with van der Waals surface area (Å²) in [6.07, 6.45) is 2.01. The second-order valence-electron chi connectivity index (χ2n) is 8.63. The number of ether oxygens (including phenoxy) is 3. The zero-order chi connectivity index (χ0) is 25.0. The lowest BCUT2D eigenvalue weighted by molar-refractivity contribution is -0.136. The summed E-state index contributed by atoms with van der Waals surface area (Å²) in [6.45, 7) is 2.62. The fourth-order valence-electron chi connectivity index (χ4n) is 4.82. The van der Waals surface area contributed by atoms with Gasteiger partial charge in [0.2, 0.25) is 15.9 Å². The van der Waals surface area contributed by atoms with Crippen molar-refractivity contribution >= 4 is 21.6 Å². The molecule has 0 aromatic heterocycles. The van der Waals surface area contributed by atoms with E-state index in [0.29, 0.717) is 51.3 Å². The Balaban J connectivity index is 1.53. The summed E-state index contributed by atoms with van der Waals surface area (Å²) in [5.74, 6) is 1.29. The molecule has 190 valence electrons. The van der Waals surface area contributed by atoms with Gasteiger partial charge < -0.3 is 24.0 Å². The largest absolute Gasteiger partial charge is 0.497 e. The molecule has 2 aromatic rings. The zero-order valence-electron chi connectivity index (χ0n) is 20.5. The maximum absolute atomic E-state index is 13.7. The Bertz CT molecular complexity index is 1150. The molecule has 2 fully saturated rings. The predicted octanol–water partition coefficient (Wildman–Crippen LogP) is 2.60. The van der Waals surface area contributed by atoms with Gasteiger partial charge >= 0.3 is 0 Å². The van der Waals surface area contributed by atoms with Crippen LogP contribution in [0.25, 0.3) is 0 Å². The van der Waals surface area contributed by atoms with Gasteiger partial charge in [-0.05, 0) is 37.1 Å². The first-order chi connectivity index (χ1) is 16.9. The number of amides is 1.